The van der Waals surface area contributed by atoms with E-state index in [1.54, 1.807) is 24.1 Å². The lowest BCUT2D eigenvalue weighted by atomic mass is 10.1. The van der Waals surface area contributed by atoms with E-state index in [1.807, 2.05) is 37.3 Å². The Hall–Kier alpha value is -2.90. The minimum atomic E-state index is -3.95. The van der Waals surface area contributed by atoms with Crippen LogP contribution in [0.15, 0.2) is 77.7 Å². The molecule has 0 saturated carbocycles. The highest BCUT2D eigenvalue weighted by atomic mass is 35.5. The molecule has 3 rings (SSSR count). The van der Waals surface area contributed by atoms with Crippen molar-refractivity contribution in [2.75, 3.05) is 11.8 Å². The van der Waals surface area contributed by atoms with Crippen molar-refractivity contribution in [3.63, 3.8) is 0 Å². The lowest BCUT2D eigenvalue weighted by Gasteiger charge is -2.25. The molecule has 3 aromatic rings. The molecular weight excluding hydrogens is 427 g/mol. The maximum absolute atomic E-state index is 13.3. The Labute approximate surface area is 180 Å². The van der Waals surface area contributed by atoms with Gasteiger partial charge in [0.2, 0.25) is 0 Å². The number of rotatable bonds is 6. The topological polar surface area (TPSA) is 66.5 Å². The van der Waals surface area contributed by atoms with Gasteiger partial charge in [0, 0.05) is 18.3 Å². The summed E-state index contributed by atoms with van der Waals surface area (Å²) in [6.07, 6.45) is 0. The first-order valence-electron chi connectivity index (χ1n) is 9.09. The van der Waals surface area contributed by atoms with Crippen LogP contribution in [0.2, 0.25) is 5.02 Å². The zero-order chi connectivity index (χ0) is 21.9. The van der Waals surface area contributed by atoms with E-state index in [4.69, 9.17) is 11.6 Å². The predicted molar refractivity (Wildman–Crippen MR) is 116 cm³/mol. The van der Waals surface area contributed by atoms with E-state index in [0.717, 1.165) is 23.8 Å². The Bertz CT molecular complexity index is 1150. The molecule has 0 radical (unpaired) electrons. The van der Waals surface area contributed by atoms with Crippen molar-refractivity contribution < 1.29 is 17.6 Å². The molecule has 0 fully saturated rings. The van der Waals surface area contributed by atoms with Gasteiger partial charge in [-0.2, -0.15) is 0 Å². The SMILES string of the molecule is CC(c1ccccc1)N(C)C(=O)c1ccc(NS(=O)(=O)c2ccc(F)c(Cl)c2)cc1. The van der Waals surface area contributed by atoms with Crippen LogP contribution in [0, 0.1) is 5.82 Å². The number of hydrogen-bond donors (Lipinski definition) is 1. The summed E-state index contributed by atoms with van der Waals surface area (Å²) in [7, 11) is -2.23. The number of nitrogens with zero attached hydrogens (tertiary/aromatic N) is 1. The Morgan fingerprint density at radius 1 is 1.03 bits per heavy atom. The van der Waals surface area contributed by atoms with Crippen LogP contribution >= 0.6 is 11.6 Å². The summed E-state index contributed by atoms with van der Waals surface area (Å²) in [6, 6.07) is 18.8. The smallest absolute Gasteiger partial charge is 0.261 e. The lowest BCUT2D eigenvalue weighted by molar-refractivity contribution is 0.0742. The molecule has 8 heteroatoms. The summed E-state index contributed by atoms with van der Waals surface area (Å²) in [5, 5.41) is -0.283. The van der Waals surface area contributed by atoms with E-state index in [-0.39, 0.29) is 27.6 Å². The normalized spacial score (nSPS) is 12.3. The third-order valence-electron chi connectivity index (χ3n) is 4.77. The van der Waals surface area contributed by atoms with Crippen LogP contribution in [0.25, 0.3) is 0 Å². The second kappa shape index (κ2) is 8.85. The van der Waals surface area contributed by atoms with Crippen LogP contribution < -0.4 is 4.72 Å². The molecule has 1 atom stereocenters. The van der Waals surface area contributed by atoms with E-state index in [1.165, 1.54) is 12.1 Å². The zero-order valence-corrected chi connectivity index (χ0v) is 17.9. The fraction of sp³-hybridized carbons (Fsp3) is 0.136. The fourth-order valence-electron chi connectivity index (χ4n) is 2.87. The third-order valence-corrected chi connectivity index (χ3v) is 6.44. The number of anilines is 1. The van der Waals surface area contributed by atoms with Crippen molar-refractivity contribution in [1.29, 1.82) is 0 Å². The number of nitrogens with one attached hydrogen (secondary N) is 1. The second-order valence-corrected chi connectivity index (χ2v) is 8.85. The molecular formula is C22H20ClFN2O3S. The van der Waals surface area contributed by atoms with Crippen molar-refractivity contribution in [3.8, 4) is 0 Å². The highest BCUT2D eigenvalue weighted by Crippen LogP contribution is 2.23. The molecule has 1 amide bonds. The van der Waals surface area contributed by atoms with E-state index in [9.17, 15) is 17.6 Å². The summed E-state index contributed by atoms with van der Waals surface area (Å²) in [5.41, 5.74) is 1.70. The zero-order valence-electron chi connectivity index (χ0n) is 16.3. The van der Waals surface area contributed by atoms with Crippen molar-refractivity contribution in [2.24, 2.45) is 0 Å². The van der Waals surface area contributed by atoms with E-state index >= 15 is 0 Å². The summed E-state index contributed by atoms with van der Waals surface area (Å²) < 4.78 is 40.6. The number of halogens is 2. The van der Waals surface area contributed by atoms with Crippen LogP contribution in [0.1, 0.15) is 28.9 Å². The molecule has 156 valence electrons. The number of sulfonamides is 1. The van der Waals surface area contributed by atoms with Gasteiger partial charge in [-0.25, -0.2) is 12.8 Å². The van der Waals surface area contributed by atoms with Crippen molar-refractivity contribution in [3.05, 3.63) is 94.8 Å². The van der Waals surface area contributed by atoms with Gasteiger partial charge in [-0.3, -0.25) is 9.52 Å². The first kappa shape index (κ1) is 21.8. The van der Waals surface area contributed by atoms with Crippen molar-refractivity contribution in [1.82, 2.24) is 4.90 Å². The Balaban J connectivity index is 1.74. The maximum Gasteiger partial charge on any atom is 0.261 e. The molecule has 1 unspecified atom stereocenters. The molecule has 0 aromatic heterocycles. The number of benzene rings is 3. The number of amides is 1. The first-order chi connectivity index (χ1) is 14.2. The van der Waals surface area contributed by atoms with E-state index < -0.39 is 15.8 Å². The van der Waals surface area contributed by atoms with Crippen molar-refractivity contribution >= 4 is 33.2 Å². The molecule has 0 saturated heterocycles. The van der Waals surface area contributed by atoms with E-state index in [0.29, 0.717) is 5.56 Å². The minimum absolute atomic E-state index is 0.125. The molecule has 5 nitrogen and oxygen atoms in total. The molecule has 0 spiro atoms. The molecule has 0 aliphatic rings. The van der Waals surface area contributed by atoms with Crippen LogP contribution in [-0.2, 0) is 10.0 Å². The quantitative estimate of drug-likeness (QED) is 0.572. The monoisotopic (exact) mass is 446 g/mol. The summed E-state index contributed by atoms with van der Waals surface area (Å²) >= 11 is 5.67. The van der Waals surface area contributed by atoms with Crippen LogP contribution in [-0.4, -0.2) is 26.3 Å². The molecule has 3 aromatic carbocycles. The predicted octanol–water partition coefficient (Wildman–Crippen LogP) is 5.11. The van der Waals surface area contributed by atoms with Gasteiger partial charge < -0.3 is 4.90 Å². The average molecular weight is 447 g/mol. The summed E-state index contributed by atoms with van der Waals surface area (Å²) in [6.45, 7) is 1.93. The Kier molecular flexibility index (Phi) is 6.43. The standard InChI is InChI=1S/C22H20ClFN2O3S/c1-15(16-6-4-3-5-7-16)26(2)22(27)17-8-10-18(11-9-17)25-30(28,29)19-12-13-21(24)20(23)14-19/h3-15,25H,1-2H3. The van der Waals surface area contributed by atoms with Gasteiger partial charge in [0.1, 0.15) is 5.82 Å². The fourth-order valence-corrected chi connectivity index (χ4v) is 4.20. The van der Waals surface area contributed by atoms with Crippen molar-refractivity contribution in [2.45, 2.75) is 17.9 Å². The lowest BCUT2D eigenvalue weighted by Crippen LogP contribution is -2.29. The molecule has 0 heterocycles. The van der Waals surface area contributed by atoms with Gasteiger partial charge in [0.25, 0.3) is 15.9 Å². The van der Waals surface area contributed by atoms with Gasteiger partial charge in [-0.15, -0.1) is 0 Å². The molecule has 1 N–H and O–H groups in total. The third kappa shape index (κ3) is 4.80. The minimum Gasteiger partial charge on any atom is -0.335 e. The first-order valence-corrected chi connectivity index (χ1v) is 10.9. The van der Waals surface area contributed by atoms with Gasteiger partial charge >= 0.3 is 0 Å². The van der Waals surface area contributed by atoms with Crippen LogP contribution in [0.3, 0.4) is 0 Å². The summed E-state index contributed by atoms with van der Waals surface area (Å²) in [4.78, 5) is 14.2. The largest absolute Gasteiger partial charge is 0.335 e. The average Bonchev–Trinajstić information content (AvgIpc) is 2.75. The second-order valence-electron chi connectivity index (χ2n) is 6.76. The summed E-state index contributed by atoms with van der Waals surface area (Å²) in [5.74, 6) is -0.890. The Morgan fingerprint density at radius 2 is 1.67 bits per heavy atom. The maximum atomic E-state index is 13.3. The highest BCUT2D eigenvalue weighted by Gasteiger charge is 2.20. The van der Waals surface area contributed by atoms with Gasteiger partial charge in [0.15, 0.2) is 0 Å². The number of carbonyl (C=O) groups is 1. The highest BCUT2D eigenvalue weighted by molar-refractivity contribution is 7.92. The molecule has 0 aliphatic heterocycles. The van der Waals surface area contributed by atoms with Gasteiger partial charge in [0.05, 0.1) is 16.0 Å². The van der Waals surface area contributed by atoms with Crippen LogP contribution in [0.4, 0.5) is 10.1 Å². The number of hydrogen-bond acceptors (Lipinski definition) is 3. The van der Waals surface area contributed by atoms with Crippen LogP contribution in [0.5, 0.6) is 0 Å². The molecule has 0 aliphatic carbocycles. The molecule has 0 bridgehead atoms. The number of carbonyl (C=O) groups excluding carboxylic acids is 1. The Morgan fingerprint density at radius 3 is 2.27 bits per heavy atom. The van der Waals surface area contributed by atoms with Gasteiger partial charge in [-0.1, -0.05) is 41.9 Å². The van der Waals surface area contributed by atoms with E-state index in [2.05, 4.69) is 4.72 Å². The van der Waals surface area contributed by atoms with Gasteiger partial charge in [-0.05, 0) is 55.0 Å². The molecule has 30 heavy (non-hydrogen) atoms.